The van der Waals surface area contributed by atoms with Crippen molar-refractivity contribution in [3.05, 3.63) is 36.2 Å². The number of nitrogens with zero attached hydrogens (tertiary/aromatic N) is 5. The SMILES string of the molecule is CC(C)Cn1ncnc1CNCc1cccnn1. The molecule has 2 aromatic heterocycles. The number of nitrogens with one attached hydrogen (secondary N) is 1. The molecule has 0 aromatic carbocycles. The summed E-state index contributed by atoms with van der Waals surface area (Å²) in [6.45, 7) is 6.59. The van der Waals surface area contributed by atoms with Crippen LogP contribution in [0.3, 0.4) is 0 Å². The second-order valence-electron chi connectivity index (χ2n) is 4.57. The Kier molecular flexibility index (Phi) is 4.35. The van der Waals surface area contributed by atoms with Gasteiger partial charge >= 0.3 is 0 Å². The lowest BCUT2D eigenvalue weighted by atomic mass is 10.2. The van der Waals surface area contributed by atoms with E-state index in [1.165, 1.54) is 0 Å². The Labute approximate surface area is 106 Å². The van der Waals surface area contributed by atoms with E-state index >= 15 is 0 Å². The van der Waals surface area contributed by atoms with Crippen molar-refractivity contribution in [2.45, 2.75) is 33.5 Å². The molecule has 0 amide bonds. The lowest BCUT2D eigenvalue weighted by Gasteiger charge is -2.08. The van der Waals surface area contributed by atoms with Gasteiger partial charge < -0.3 is 5.32 Å². The van der Waals surface area contributed by atoms with Crippen molar-refractivity contribution in [1.82, 2.24) is 30.3 Å². The fraction of sp³-hybridized carbons (Fsp3) is 0.500. The zero-order chi connectivity index (χ0) is 12.8. The van der Waals surface area contributed by atoms with Crippen LogP contribution in [0, 0.1) is 5.92 Å². The molecule has 6 nitrogen and oxygen atoms in total. The second kappa shape index (κ2) is 6.20. The van der Waals surface area contributed by atoms with Crippen molar-refractivity contribution in [3.8, 4) is 0 Å². The van der Waals surface area contributed by atoms with Crippen LogP contribution in [0.4, 0.5) is 0 Å². The van der Waals surface area contributed by atoms with Crippen LogP contribution in [0.25, 0.3) is 0 Å². The third-order valence-corrected chi connectivity index (χ3v) is 2.45. The van der Waals surface area contributed by atoms with Crippen LogP contribution in [0.2, 0.25) is 0 Å². The number of hydrogen-bond donors (Lipinski definition) is 1. The van der Waals surface area contributed by atoms with E-state index in [1.807, 2.05) is 16.8 Å². The fourth-order valence-electron chi connectivity index (χ4n) is 1.65. The Balaban J connectivity index is 1.85. The van der Waals surface area contributed by atoms with Crippen molar-refractivity contribution in [2.75, 3.05) is 0 Å². The van der Waals surface area contributed by atoms with E-state index < -0.39 is 0 Å². The molecule has 1 N–H and O–H groups in total. The summed E-state index contributed by atoms with van der Waals surface area (Å²) in [6, 6.07) is 3.82. The summed E-state index contributed by atoms with van der Waals surface area (Å²) in [6.07, 6.45) is 3.27. The summed E-state index contributed by atoms with van der Waals surface area (Å²) in [5.74, 6) is 1.51. The Morgan fingerprint density at radius 3 is 2.94 bits per heavy atom. The molecule has 0 aliphatic heterocycles. The van der Waals surface area contributed by atoms with E-state index in [9.17, 15) is 0 Å². The first-order chi connectivity index (χ1) is 8.75. The molecule has 0 saturated heterocycles. The normalized spacial score (nSPS) is 11.1. The molecular weight excluding hydrogens is 228 g/mol. The summed E-state index contributed by atoms with van der Waals surface area (Å²) >= 11 is 0. The quantitative estimate of drug-likeness (QED) is 0.824. The zero-order valence-electron chi connectivity index (χ0n) is 10.7. The molecule has 0 saturated carbocycles. The van der Waals surface area contributed by atoms with Gasteiger partial charge in [-0.05, 0) is 18.1 Å². The first-order valence-corrected chi connectivity index (χ1v) is 6.09. The van der Waals surface area contributed by atoms with E-state index in [1.54, 1.807) is 12.5 Å². The van der Waals surface area contributed by atoms with Gasteiger partial charge in [-0.3, -0.25) is 0 Å². The van der Waals surface area contributed by atoms with Crippen LogP contribution in [0.15, 0.2) is 24.7 Å². The Morgan fingerprint density at radius 2 is 2.22 bits per heavy atom. The van der Waals surface area contributed by atoms with Gasteiger partial charge in [-0.2, -0.15) is 15.3 Å². The maximum atomic E-state index is 4.25. The van der Waals surface area contributed by atoms with Crippen molar-refractivity contribution in [3.63, 3.8) is 0 Å². The first kappa shape index (κ1) is 12.6. The molecule has 96 valence electrons. The highest BCUT2D eigenvalue weighted by molar-refractivity contribution is 4.98. The average molecular weight is 246 g/mol. The Hall–Kier alpha value is -1.82. The molecule has 0 spiro atoms. The van der Waals surface area contributed by atoms with Gasteiger partial charge in [0.05, 0.1) is 12.2 Å². The molecule has 2 rings (SSSR count). The van der Waals surface area contributed by atoms with Gasteiger partial charge in [0, 0.05) is 19.3 Å². The summed E-state index contributed by atoms with van der Waals surface area (Å²) in [5.41, 5.74) is 0.924. The second-order valence-corrected chi connectivity index (χ2v) is 4.57. The summed E-state index contributed by atoms with van der Waals surface area (Å²) in [5, 5.41) is 15.4. The minimum absolute atomic E-state index is 0.561. The molecule has 0 fully saturated rings. The van der Waals surface area contributed by atoms with E-state index in [-0.39, 0.29) is 0 Å². The van der Waals surface area contributed by atoms with Gasteiger partial charge in [-0.1, -0.05) is 13.8 Å². The van der Waals surface area contributed by atoms with Gasteiger partial charge in [0.2, 0.25) is 0 Å². The van der Waals surface area contributed by atoms with Crippen molar-refractivity contribution in [1.29, 1.82) is 0 Å². The maximum Gasteiger partial charge on any atom is 0.140 e. The molecule has 0 atom stereocenters. The minimum Gasteiger partial charge on any atom is -0.304 e. The van der Waals surface area contributed by atoms with Crippen molar-refractivity contribution < 1.29 is 0 Å². The van der Waals surface area contributed by atoms with Gasteiger partial charge in [0.25, 0.3) is 0 Å². The van der Waals surface area contributed by atoms with Crippen LogP contribution >= 0.6 is 0 Å². The van der Waals surface area contributed by atoms with E-state index in [0.29, 0.717) is 19.0 Å². The number of rotatable bonds is 6. The Bertz CT molecular complexity index is 464. The molecule has 2 heterocycles. The topological polar surface area (TPSA) is 68.5 Å². The largest absolute Gasteiger partial charge is 0.304 e. The molecule has 6 heteroatoms. The first-order valence-electron chi connectivity index (χ1n) is 6.09. The zero-order valence-corrected chi connectivity index (χ0v) is 10.7. The van der Waals surface area contributed by atoms with Gasteiger partial charge in [-0.25, -0.2) is 9.67 Å². The maximum absolute atomic E-state index is 4.25. The molecular formula is C12H18N6. The predicted octanol–water partition coefficient (Wildman–Crippen LogP) is 1.01. The van der Waals surface area contributed by atoms with Crippen LogP contribution < -0.4 is 5.32 Å². The van der Waals surface area contributed by atoms with Gasteiger partial charge in [-0.15, -0.1) is 0 Å². The molecule has 0 aliphatic rings. The molecule has 0 unspecified atom stereocenters. The molecule has 0 aliphatic carbocycles. The van der Waals surface area contributed by atoms with Gasteiger partial charge in [0.15, 0.2) is 0 Å². The average Bonchev–Trinajstić information content (AvgIpc) is 2.77. The number of hydrogen-bond acceptors (Lipinski definition) is 5. The number of aromatic nitrogens is 5. The monoisotopic (exact) mass is 246 g/mol. The predicted molar refractivity (Wildman–Crippen MR) is 67.4 cm³/mol. The lowest BCUT2D eigenvalue weighted by Crippen LogP contribution is -2.19. The van der Waals surface area contributed by atoms with Crippen molar-refractivity contribution in [2.24, 2.45) is 5.92 Å². The smallest absolute Gasteiger partial charge is 0.140 e. The van der Waals surface area contributed by atoms with Crippen LogP contribution in [0.5, 0.6) is 0 Å². The third-order valence-electron chi connectivity index (χ3n) is 2.45. The Morgan fingerprint density at radius 1 is 1.33 bits per heavy atom. The van der Waals surface area contributed by atoms with Crippen LogP contribution in [0.1, 0.15) is 25.4 Å². The highest BCUT2D eigenvalue weighted by atomic mass is 15.3. The van der Waals surface area contributed by atoms with E-state index in [0.717, 1.165) is 18.1 Å². The van der Waals surface area contributed by atoms with Crippen molar-refractivity contribution >= 4 is 0 Å². The van der Waals surface area contributed by atoms with E-state index in [4.69, 9.17) is 0 Å². The molecule has 0 bridgehead atoms. The third kappa shape index (κ3) is 3.59. The molecule has 0 radical (unpaired) electrons. The lowest BCUT2D eigenvalue weighted by molar-refractivity contribution is 0.457. The highest BCUT2D eigenvalue weighted by Crippen LogP contribution is 2.01. The van der Waals surface area contributed by atoms with Gasteiger partial charge in [0.1, 0.15) is 12.2 Å². The molecule has 18 heavy (non-hydrogen) atoms. The van der Waals surface area contributed by atoms with Crippen LogP contribution in [-0.4, -0.2) is 25.0 Å². The van der Waals surface area contributed by atoms with Crippen LogP contribution in [-0.2, 0) is 19.6 Å². The summed E-state index contributed by atoms with van der Waals surface area (Å²) < 4.78 is 1.94. The summed E-state index contributed by atoms with van der Waals surface area (Å²) in [7, 11) is 0. The standard InChI is InChI=1S/C12H18N6/c1-10(2)8-18-12(14-9-16-18)7-13-6-11-4-3-5-15-17-11/h3-5,9-10,13H,6-8H2,1-2H3. The highest BCUT2D eigenvalue weighted by Gasteiger charge is 2.05. The summed E-state index contributed by atoms with van der Waals surface area (Å²) in [4.78, 5) is 4.25. The van der Waals surface area contributed by atoms with E-state index in [2.05, 4.69) is 39.4 Å². The molecule has 2 aromatic rings. The fourth-order valence-corrected chi connectivity index (χ4v) is 1.65. The minimum atomic E-state index is 0.561.